The van der Waals surface area contributed by atoms with E-state index in [1.54, 1.807) is 30.5 Å². The molecule has 1 aromatic heterocycles. The molecule has 0 saturated carbocycles. The molecule has 0 aliphatic carbocycles. The third kappa shape index (κ3) is 6.25. The Bertz CT molecular complexity index is 1650. The second-order valence-corrected chi connectivity index (χ2v) is 8.91. The Kier molecular flexibility index (Phi) is 7.84. The number of nitrogens with one attached hydrogen (secondary N) is 1. The lowest BCUT2D eigenvalue weighted by atomic mass is 10.0. The van der Waals surface area contributed by atoms with E-state index in [0.717, 1.165) is 33.2 Å². The number of hydrazone groups is 1. The zero-order chi connectivity index (χ0) is 27.0. The van der Waals surface area contributed by atoms with Crippen molar-refractivity contribution in [2.75, 3.05) is 0 Å². The number of para-hydroxylation sites is 1. The van der Waals surface area contributed by atoms with Gasteiger partial charge >= 0.3 is 0 Å². The molecule has 5 aromatic rings. The smallest absolute Gasteiger partial charge is 0.272 e. The Morgan fingerprint density at radius 2 is 1.72 bits per heavy atom. The molecule has 5 nitrogen and oxygen atoms in total. The molecule has 0 spiro atoms. The minimum Gasteiger partial charge on any atom is -0.489 e. The summed E-state index contributed by atoms with van der Waals surface area (Å²) in [7, 11) is 0. The summed E-state index contributed by atoms with van der Waals surface area (Å²) in [4.78, 5) is 17.9. The number of hydrogen-bond donors (Lipinski definition) is 1. The fraction of sp³-hybridized carbons (Fsp3) is 0.0606. The van der Waals surface area contributed by atoms with Crippen LogP contribution in [-0.4, -0.2) is 17.1 Å². The molecular formula is C33H26FN3O2. The van der Waals surface area contributed by atoms with E-state index in [1.165, 1.54) is 12.1 Å². The van der Waals surface area contributed by atoms with E-state index in [2.05, 4.69) is 17.1 Å². The molecule has 5 rings (SSSR count). The fourth-order valence-corrected chi connectivity index (χ4v) is 4.22. The highest BCUT2D eigenvalue weighted by molar-refractivity contribution is 6.07. The van der Waals surface area contributed by atoms with Gasteiger partial charge in [-0.2, -0.15) is 5.10 Å². The van der Waals surface area contributed by atoms with Crippen LogP contribution in [0.1, 0.15) is 27.0 Å². The molecule has 0 bridgehead atoms. The maximum Gasteiger partial charge on any atom is 0.272 e. The van der Waals surface area contributed by atoms with Gasteiger partial charge in [0.15, 0.2) is 0 Å². The van der Waals surface area contributed by atoms with Gasteiger partial charge in [0, 0.05) is 10.9 Å². The Hall–Kier alpha value is -5.10. The van der Waals surface area contributed by atoms with E-state index in [1.807, 2.05) is 72.8 Å². The number of carbonyl (C=O) groups excluding carboxylic acids is 1. The monoisotopic (exact) mass is 515 g/mol. The lowest BCUT2D eigenvalue weighted by Gasteiger charge is -2.12. The van der Waals surface area contributed by atoms with Gasteiger partial charge in [-0.1, -0.05) is 66.7 Å². The lowest BCUT2D eigenvalue weighted by molar-refractivity contribution is 0.0956. The Morgan fingerprint density at radius 1 is 0.949 bits per heavy atom. The average molecular weight is 516 g/mol. The van der Waals surface area contributed by atoms with E-state index < -0.39 is 0 Å². The van der Waals surface area contributed by atoms with E-state index >= 15 is 0 Å². The van der Waals surface area contributed by atoms with Crippen molar-refractivity contribution in [2.45, 2.75) is 13.0 Å². The van der Waals surface area contributed by atoms with Crippen molar-refractivity contribution >= 4 is 23.0 Å². The molecule has 0 fully saturated rings. The molecule has 0 radical (unpaired) electrons. The van der Waals surface area contributed by atoms with E-state index in [0.29, 0.717) is 30.0 Å². The predicted molar refractivity (Wildman–Crippen MR) is 153 cm³/mol. The number of aromatic nitrogens is 1. The van der Waals surface area contributed by atoms with Crippen LogP contribution in [0.4, 0.5) is 4.39 Å². The van der Waals surface area contributed by atoms with Gasteiger partial charge in [-0.05, 0) is 65.6 Å². The number of nitrogens with zero attached hydrogens (tertiary/aromatic N) is 2. The Morgan fingerprint density at radius 3 is 2.51 bits per heavy atom. The summed E-state index contributed by atoms with van der Waals surface area (Å²) in [6.45, 7) is 4.15. The van der Waals surface area contributed by atoms with Gasteiger partial charge in [-0.25, -0.2) is 14.8 Å². The van der Waals surface area contributed by atoms with Crippen LogP contribution in [0.15, 0.2) is 121 Å². The first kappa shape index (κ1) is 25.5. The Balaban J connectivity index is 1.33. The van der Waals surface area contributed by atoms with Crippen LogP contribution in [0.3, 0.4) is 0 Å². The van der Waals surface area contributed by atoms with Gasteiger partial charge in [0.05, 0.1) is 23.0 Å². The maximum atomic E-state index is 13.2. The fourth-order valence-electron chi connectivity index (χ4n) is 4.22. The highest BCUT2D eigenvalue weighted by atomic mass is 19.1. The predicted octanol–water partition coefficient (Wildman–Crippen LogP) is 7.11. The van der Waals surface area contributed by atoms with Crippen molar-refractivity contribution in [1.82, 2.24) is 10.4 Å². The van der Waals surface area contributed by atoms with Crippen LogP contribution >= 0.6 is 0 Å². The van der Waals surface area contributed by atoms with E-state index in [-0.39, 0.29) is 11.7 Å². The number of fused-ring (bicyclic) bond motifs is 1. The number of carbonyl (C=O) groups is 1. The van der Waals surface area contributed by atoms with Crippen molar-refractivity contribution < 1.29 is 13.9 Å². The topological polar surface area (TPSA) is 63.6 Å². The Labute approximate surface area is 226 Å². The molecule has 192 valence electrons. The molecular weight excluding hydrogens is 489 g/mol. The largest absolute Gasteiger partial charge is 0.489 e. The molecule has 1 N–H and O–H groups in total. The zero-order valence-corrected chi connectivity index (χ0v) is 21.2. The molecule has 1 heterocycles. The van der Waals surface area contributed by atoms with Gasteiger partial charge < -0.3 is 4.74 Å². The highest BCUT2D eigenvalue weighted by Crippen LogP contribution is 2.25. The van der Waals surface area contributed by atoms with Gasteiger partial charge in [0.2, 0.25) is 0 Å². The standard InChI is InChI=1S/C33H26FN3O2/c1-2-8-26-19-24(15-18-32(26)39-22-23-13-16-27(34)17-14-23)21-35-37-33(38)29-20-31(25-9-4-3-5-10-25)36-30-12-7-6-11-28(29)30/h2-7,9-21H,1,8,22H2,(H,37,38)/b35-21+. The molecule has 0 saturated heterocycles. The van der Waals surface area contributed by atoms with Gasteiger partial charge in [0.1, 0.15) is 18.2 Å². The zero-order valence-electron chi connectivity index (χ0n) is 21.2. The first-order chi connectivity index (χ1) is 19.1. The molecule has 6 heteroatoms. The molecule has 4 aromatic carbocycles. The summed E-state index contributed by atoms with van der Waals surface area (Å²) in [5.41, 5.74) is 8.12. The SMILES string of the molecule is C=CCc1cc(/C=N/NC(=O)c2cc(-c3ccccc3)nc3ccccc23)ccc1OCc1ccc(F)cc1. The van der Waals surface area contributed by atoms with Crippen LogP contribution in [0.25, 0.3) is 22.2 Å². The van der Waals surface area contributed by atoms with Crippen LogP contribution in [0, 0.1) is 5.82 Å². The number of hydrogen-bond acceptors (Lipinski definition) is 4. The van der Waals surface area contributed by atoms with Crippen molar-refractivity contribution in [2.24, 2.45) is 5.10 Å². The molecule has 0 unspecified atom stereocenters. The van der Waals surface area contributed by atoms with Gasteiger partial charge in [-0.3, -0.25) is 4.79 Å². The van der Waals surface area contributed by atoms with Crippen LogP contribution < -0.4 is 10.2 Å². The van der Waals surface area contributed by atoms with Gasteiger partial charge in [-0.15, -0.1) is 6.58 Å². The third-order valence-corrected chi connectivity index (χ3v) is 6.17. The summed E-state index contributed by atoms with van der Waals surface area (Å²) in [6.07, 6.45) is 3.98. The summed E-state index contributed by atoms with van der Waals surface area (Å²) in [5, 5.41) is 4.96. The number of ether oxygens (including phenoxy) is 1. The number of amides is 1. The summed E-state index contributed by atoms with van der Waals surface area (Å²) in [5.74, 6) is 0.0975. The summed E-state index contributed by atoms with van der Waals surface area (Å²) in [6, 6.07) is 31.0. The quantitative estimate of drug-likeness (QED) is 0.129. The normalized spacial score (nSPS) is 11.0. The van der Waals surface area contributed by atoms with E-state index in [9.17, 15) is 9.18 Å². The summed E-state index contributed by atoms with van der Waals surface area (Å²) >= 11 is 0. The van der Waals surface area contributed by atoms with E-state index in [4.69, 9.17) is 9.72 Å². The first-order valence-corrected chi connectivity index (χ1v) is 12.5. The number of pyridine rings is 1. The lowest BCUT2D eigenvalue weighted by Crippen LogP contribution is -2.18. The number of allylic oxidation sites excluding steroid dienone is 1. The third-order valence-electron chi connectivity index (χ3n) is 6.17. The van der Waals surface area contributed by atoms with Crippen molar-refractivity contribution in [3.8, 4) is 17.0 Å². The first-order valence-electron chi connectivity index (χ1n) is 12.5. The van der Waals surface area contributed by atoms with Crippen molar-refractivity contribution in [3.63, 3.8) is 0 Å². The maximum absolute atomic E-state index is 13.2. The minimum absolute atomic E-state index is 0.282. The molecule has 0 aliphatic rings. The van der Waals surface area contributed by atoms with Gasteiger partial charge in [0.25, 0.3) is 5.91 Å². The van der Waals surface area contributed by atoms with Crippen LogP contribution in [-0.2, 0) is 13.0 Å². The van der Waals surface area contributed by atoms with Crippen molar-refractivity contribution in [3.05, 3.63) is 144 Å². The molecule has 1 amide bonds. The summed E-state index contributed by atoms with van der Waals surface area (Å²) < 4.78 is 19.1. The number of benzene rings is 4. The van der Waals surface area contributed by atoms with Crippen molar-refractivity contribution in [1.29, 1.82) is 0 Å². The highest BCUT2D eigenvalue weighted by Gasteiger charge is 2.13. The minimum atomic E-state index is -0.326. The molecule has 0 atom stereocenters. The number of rotatable bonds is 9. The second kappa shape index (κ2) is 12.0. The number of halogens is 1. The van der Waals surface area contributed by atoms with Crippen LogP contribution in [0.5, 0.6) is 5.75 Å². The molecule has 0 aliphatic heterocycles. The average Bonchev–Trinajstić information content (AvgIpc) is 2.97. The second-order valence-electron chi connectivity index (χ2n) is 8.91. The molecule has 39 heavy (non-hydrogen) atoms. The van der Waals surface area contributed by atoms with Crippen LogP contribution in [0.2, 0.25) is 0 Å².